The molecule has 2 aromatic rings. The molecule has 0 N–H and O–H groups in total. The largest absolute Gasteiger partial charge is 0.379 e. The highest BCUT2D eigenvalue weighted by Gasteiger charge is 2.21. The van der Waals surface area contributed by atoms with Crippen LogP contribution in [-0.2, 0) is 17.7 Å². The number of alkyl halides is 1. The van der Waals surface area contributed by atoms with E-state index in [2.05, 4.69) is 9.55 Å². The summed E-state index contributed by atoms with van der Waals surface area (Å²) in [5, 5.41) is 0.713. The zero-order valence-corrected chi connectivity index (χ0v) is 12.8. The van der Waals surface area contributed by atoms with Crippen molar-refractivity contribution in [1.29, 1.82) is 0 Å². The van der Waals surface area contributed by atoms with E-state index in [0.29, 0.717) is 10.9 Å². The van der Waals surface area contributed by atoms with E-state index < -0.39 is 0 Å². The Bertz CT molecular complexity index is 593. The van der Waals surface area contributed by atoms with Gasteiger partial charge in [0.15, 0.2) is 0 Å². The fourth-order valence-corrected chi connectivity index (χ4v) is 2.70. The van der Waals surface area contributed by atoms with Crippen molar-refractivity contribution >= 4 is 34.2 Å². The highest BCUT2D eigenvalue weighted by atomic mass is 35.5. The molecule has 0 radical (unpaired) electrons. The lowest BCUT2D eigenvalue weighted by Gasteiger charge is -2.09. The van der Waals surface area contributed by atoms with Crippen molar-refractivity contribution in [3.8, 4) is 0 Å². The minimum atomic E-state index is 0.569. The minimum Gasteiger partial charge on any atom is -0.379 e. The molecular formula is C15H18Cl2N2O. The average molecular weight is 313 g/mol. The number of hydrogen-bond donors (Lipinski definition) is 0. The maximum atomic E-state index is 6.03. The molecular weight excluding hydrogens is 295 g/mol. The fraction of sp³-hybridized carbons (Fsp3) is 0.533. The van der Waals surface area contributed by atoms with Crippen LogP contribution in [0, 0.1) is 5.92 Å². The van der Waals surface area contributed by atoms with Crippen molar-refractivity contribution in [2.24, 2.45) is 5.92 Å². The Morgan fingerprint density at radius 2 is 2.20 bits per heavy atom. The molecule has 5 heteroatoms. The third kappa shape index (κ3) is 3.27. The van der Waals surface area contributed by atoms with Gasteiger partial charge in [0.25, 0.3) is 0 Å². The molecule has 1 aliphatic carbocycles. The van der Waals surface area contributed by atoms with E-state index >= 15 is 0 Å². The molecule has 1 aromatic carbocycles. The molecule has 3 rings (SSSR count). The summed E-state index contributed by atoms with van der Waals surface area (Å²) in [4.78, 5) is 4.63. The Balaban J connectivity index is 1.76. The van der Waals surface area contributed by atoms with Crippen molar-refractivity contribution < 1.29 is 4.74 Å². The van der Waals surface area contributed by atoms with E-state index in [-0.39, 0.29) is 0 Å². The second-order valence-corrected chi connectivity index (χ2v) is 6.08. The van der Waals surface area contributed by atoms with Crippen molar-refractivity contribution in [3.05, 3.63) is 29.0 Å². The maximum absolute atomic E-state index is 6.03. The van der Waals surface area contributed by atoms with Crippen LogP contribution in [-0.4, -0.2) is 28.6 Å². The van der Waals surface area contributed by atoms with Crippen molar-refractivity contribution in [1.82, 2.24) is 9.55 Å². The quantitative estimate of drug-likeness (QED) is 0.572. The number of aromatic nitrogens is 2. The summed E-state index contributed by atoms with van der Waals surface area (Å²) in [5.74, 6) is 2.38. The molecule has 1 fully saturated rings. The topological polar surface area (TPSA) is 27.1 Å². The normalized spacial score (nSPS) is 15.1. The molecule has 1 aromatic heterocycles. The van der Waals surface area contributed by atoms with Gasteiger partial charge in [-0.25, -0.2) is 4.98 Å². The van der Waals surface area contributed by atoms with Gasteiger partial charge in [0, 0.05) is 30.5 Å². The Kier molecular flexibility index (Phi) is 4.49. The SMILES string of the molecule is ClCCc1nc2cc(Cl)ccc2n1CCOCC1CC1. The lowest BCUT2D eigenvalue weighted by atomic mass is 10.3. The number of hydrogen-bond acceptors (Lipinski definition) is 2. The highest BCUT2D eigenvalue weighted by molar-refractivity contribution is 6.31. The first kappa shape index (κ1) is 14.2. The molecule has 1 heterocycles. The zero-order valence-electron chi connectivity index (χ0n) is 11.3. The first-order valence-corrected chi connectivity index (χ1v) is 7.97. The molecule has 0 amide bonds. The van der Waals surface area contributed by atoms with E-state index in [1.807, 2.05) is 18.2 Å². The Morgan fingerprint density at radius 1 is 1.35 bits per heavy atom. The predicted octanol–water partition coefficient (Wildman–Crippen LogP) is 3.90. The summed E-state index contributed by atoms with van der Waals surface area (Å²) in [6.07, 6.45) is 3.41. The third-order valence-corrected chi connectivity index (χ3v) is 4.04. The monoisotopic (exact) mass is 312 g/mol. The van der Waals surface area contributed by atoms with Crippen LogP contribution in [0.2, 0.25) is 5.02 Å². The Labute approximate surface area is 128 Å². The van der Waals surface area contributed by atoms with Gasteiger partial charge in [0.1, 0.15) is 5.82 Å². The molecule has 0 spiro atoms. The fourth-order valence-electron chi connectivity index (χ4n) is 2.37. The van der Waals surface area contributed by atoms with Gasteiger partial charge < -0.3 is 9.30 Å². The molecule has 0 unspecified atom stereocenters. The molecule has 0 saturated heterocycles. The van der Waals surface area contributed by atoms with Gasteiger partial charge in [-0.05, 0) is 37.0 Å². The lowest BCUT2D eigenvalue weighted by Crippen LogP contribution is -2.11. The predicted molar refractivity (Wildman–Crippen MR) is 82.7 cm³/mol. The summed E-state index contributed by atoms with van der Waals surface area (Å²) >= 11 is 11.9. The van der Waals surface area contributed by atoms with Gasteiger partial charge in [-0.2, -0.15) is 0 Å². The number of benzene rings is 1. The summed E-state index contributed by atoms with van der Waals surface area (Å²) in [5.41, 5.74) is 2.03. The molecule has 1 saturated carbocycles. The first-order valence-electron chi connectivity index (χ1n) is 7.06. The van der Waals surface area contributed by atoms with Gasteiger partial charge in [0.2, 0.25) is 0 Å². The van der Waals surface area contributed by atoms with Crippen molar-refractivity contribution in [2.75, 3.05) is 19.1 Å². The van der Waals surface area contributed by atoms with Gasteiger partial charge in [-0.1, -0.05) is 11.6 Å². The summed E-state index contributed by atoms with van der Waals surface area (Å²) < 4.78 is 7.92. The summed E-state index contributed by atoms with van der Waals surface area (Å²) in [6.45, 7) is 2.43. The van der Waals surface area contributed by atoms with Crippen LogP contribution in [0.4, 0.5) is 0 Å². The summed E-state index contributed by atoms with van der Waals surface area (Å²) in [6, 6.07) is 5.82. The van der Waals surface area contributed by atoms with Crippen LogP contribution in [0.5, 0.6) is 0 Å². The number of ether oxygens (including phenoxy) is 1. The number of imidazole rings is 1. The lowest BCUT2D eigenvalue weighted by molar-refractivity contribution is 0.117. The first-order chi connectivity index (χ1) is 9.78. The van der Waals surface area contributed by atoms with E-state index in [1.165, 1.54) is 12.8 Å². The van der Waals surface area contributed by atoms with Crippen LogP contribution >= 0.6 is 23.2 Å². The van der Waals surface area contributed by atoms with Crippen LogP contribution in [0.1, 0.15) is 18.7 Å². The second-order valence-electron chi connectivity index (χ2n) is 5.27. The van der Waals surface area contributed by atoms with Crippen LogP contribution in [0.15, 0.2) is 18.2 Å². The summed E-state index contributed by atoms with van der Waals surface area (Å²) in [7, 11) is 0. The Hall–Kier alpha value is -0.770. The second kappa shape index (κ2) is 6.33. The molecule has 0 aliphatic heterocycles. The van der Waals surface area contributed by atoms with Crippen molar-refractivity contribution in [3.63, 3.8) is 0 Å². The number of aryl methyl sites for hydroxylation is 1. The van der Waals surface area contributed by atoms with E-state index in [4.69, 9.17) is 27.9 Å². The van der Waals surface area contributed by atoms with E-state index in [0.717, 1.165) is 49.0 Å². The molecule has 108 valence electrons. The molecule has 20 heavy (non-hydrogen) atoms. The Morgan fingerprint density at radius 3 is 2.95 bits per heavy atom. The average Bonchev–Trinajstić information content (AvgIpc) is 3.19. The van der Waals surface area contributed by atoms with Crippen LogP contribution in [0.3, 0.4) is 0 Å². The number of rotatable bonds is 7. The van der Waals surface area contributed by atoms with E-state index in [1.54, 1.807) is 0 Å². The van der Waals surface area contributed by atoms with Crippen LogP contribution < -0.4 is 0 Å². The van der Waals surface area contributed by atoms with Gasteiger partial charge in [-0.15, -0.1) is 11.6 Å². The molecule has 0 atom stereocenters. The number of fused-ring (bicyclic) bond motifs is 1. The van der Waals surface area contributed by atoms with Crippen molar-refractivity contribution in [2.45, 2.75) is 25.8 Å². The number of nitrogens with zero attached hydrogens (tertiary/aromatic N) is 2. The zero-order chi connectivity index (χ0) is 13.9. The molecule has 0 bridgehead atoms. The van der Waals surface area contributed by atoms with E-state index in [9.17, 15) is 0 Å². The van der Waals surface area contributed by atoms with Crippen LogP contribution in [0.25, 0.3) is 11.0 Å². The third-order valence-electron chi connectivity index (χ3n) is 3.62. The molecule has 3 nitrogen and oxygen atoms in total. The van der Waals surface area contributed by atoms with Gasteiger partial charge in [0.05, 0.1) is 17.6 Å². The van der Waals surface area contributed by atoms with Gasteiger partial charge in [-0.3, -0.25) is 0 Å². The van der Waals surface area contributed by atoms with Gasteiger partial charge >= 0.3 is 0 Å². The minimum absolute atomic E-state index is 0.569. The molecule has 1 aliphatic rings. The highest BCUT2D eigenvalue weighted by Crippen LogP contribution is 2.28. The maximum Gasteiger partial charge on any atom is 0.111 e. The smallest absolute Gasteiger partial charge is 0.111 e. The standard InChI is InChI=1S/C15H18Cl2N2O/c16-6-5-15-18-13-9-12(17)3-4-14(13)19(15)7-8-20-10-11-1-2-11/h3-4,9,11H,1-2,5-8,10H2. The number of halogens is 2.